The summed E-state index contributed by atoms with van der Waals surface area (Å²) in [5.74, 6) is -0.141. The first-order valence-corrected chi connectivity index (χ1v) is 9.45. The van der Waals surface area contributed by atoms with E-state index >= 15 is 0 Å². The van der Waals surface area contributed by atoms with Gasteiger partial charge in [0.2, 0.25) is 10.0 Å². The molecule has 0 spiro atoms. The topological polar surface area (TPSA) is 83.6 Å². The van der Waals surface area contributed by atoms with E-state index in [-0.39, 0.29) is 30.4 Å². The van der Waals surface area contributed by atoms with Crippen LogP contribution in [-0.4, -0.2) is 36.0 Å². The molecule has 0 amide bonds. The minimum absolute atomic E-state index is 0.0577. The highest BCUT2D eigenvalue weighted by Crippen LogP contribution is 2.15. The van der Waals surface area contributed by atoms with E-state index in [4.69, 9.17) is 18.0 Å². The highest BCUT2D eigenvalue weighted by atomic mass is 32.2. The van der Waals surface area contributed by atoms with Gasteiger partial charge in [0.25, 0.3) is 0 Å². The van der Waals surface area contributed by atoms with E-state index in [2.05, 4.69) is 0 Å². The third-order valence-corrected chi connectivity index (χ3v) is 5.56. The molecule has 128 valence electrons. The monoisotopic (exact) mass is 364 g/mol. The molecule has 0 heterocycles. The predicted octanol–water partition coefficient (Wildman–Crippen LogP) is 1.65. The lowest BCUT2D eigenvalue weighted by Gasteiger charge is -2.21. The maximum Gasteiger partial charge on any atom is 0.218 e. The molecule has 3 N–H and O–H groups in total. The van der Waals surface area contributed by atoms with Gasteiger partial charge in [-0.2, -0.15) is 4.31 Å². The van der Waals surface area contributed by atoms with Crippen LogP contribution >= 0.6 is 12.2 Å². The van der Waals surface area contributed by atoms with Crippen molar-refractivity contribution in [2.75, 3.05) is 13.2 Å². The minimum Gasteiger partial charge on any atom is -0.395 e. The van der Waals surface area contributed by atoms with Crippen LogP contribution in [0.25, 0.3) is 0 Å². The SMILES string of the molecule is NC(=S)c1ccc(CS(=O)(=O)N(CCO)Cc2ccccc2)cc1. The van der Waals surface area contributed by atoms with Gasteiger partial charge >= 0.3 is 0 Å². The molecule has 0 atom stereocenters. The molecule has 2 aromatic rings. The van der Waals surface area contributed by atoms with Crippen molar-refractivity contribution in [1.29, 1.82) is 0 Å². The molecule has 0 aliphatic heterocycles. The van der Waals surface area contributed by atoms with E-state index < -0.39 is 10.0 Å². The van der Waals surface area contributed by atoms with Crippen LogP contribution in [0, 0.1) is 0 Å². The first-order chi connectivity index (χ1) is 11.4. The van der Waals surface area contributed by atoms with Crippen LogP contribution in [0.2, 0.25) is 0 Å². The van der Waals surface area contributed by atoms with Crippen LogP contribution in [0.15, 0.2) is 54.6 Å². The van der Waals surface area contributed by atoms with Crippen LogP contribution in [0.4, 0.5) is 0 Å². The highest BCUT2D eigenvalue weighted by molar-refractivity contribution is 7.88. The predicted molar refractivity (Wildman–Crippen MR) is 98.9 cm³/mol. The van der Waals surface area contributed by atoms with Gasteiger partial charge in [-0.15, -0.1) is 0 Å². The van der Waals surface area contributed by atoms with Crippen molar-refractivity contribution in [3.63, 3.8) is 0 Å². The van der Waals surface area contributed by atoms with Crippen molar-refractivity contribution in [3.8, 4) is 0 Å². The fourth-order valence-corrected chi connectivity index (χ4v) is 3.92. The molecule has 0 aliphatic carbocycles. The minimum atomic E-state index is -3.56. The number of sulfonamides is 1. The third-order valence-electron chi connectivity index (χ3n) is 3.53. The summed E-state index contributed by atoms with van der Waals surface area (Å²) < 4.78 is 26.7. The molecule has 0 saturated heterocycles. The first kappa shape index (κ1) is 18.5. The largest absolute Gasteiger partial charge is 0.395 e. The van der Waals surface area contributed by atoms with Gasteiger partial charge in [0.1, 0.15) is 4.99 Å². The highest BCUT2D eigenvalue weighted by Gasteiger charge is 2.22. The van der Waals surface area contributed by atoms with Crippen molar-refractivity contribution < 1.29 is 13.5 Å². The zero-order valence-corrected chi connectivity index (χ0v) is 14.8. The second-order valence-electron chi connectivity index (χ2n) is 5.36. The Bertz CT molecular complexity index is 775. The number of aliphatic hydroxyl groups is 1. The summed E-state index contributed by atoms with van der Waals surface area (Å²) in [4.78, 5) is 0.274. The summed E-state index contributed by atoms with van der Waals surface area (Å²) in [5.41, 5.74) is 7.76. The molecule has 0 aromatic heterocycles. The van der Waals surface area contributed by atoms with Crippen LogP contribution in [-0.2, 0) is 22.3 Å². The summed E-state index contributed by atoms with van der Waals surface area (Å²) in [6.45, 7) is 0.0589. The van der Waals surface area contributed by atoms with Crippen molar-refractivity contribution >= 4 is 27.2 Å². The number of hydrogen-bond donors (Lipinski definition) is 2. The van der Waals surface area contributed by atoms with E-state index in [1.54, 1.807) is 24.3 Å². The summed E-state index contributed by atoms with van der Waals surface area (Å²) in [7, 11) is -3.56. The van der Waals surface area contributed by atoms with Crippen LogP contribution < -0.4 is 5.73 Å². The lowest BCUT2D eigenvalue weighted by molar-refractivity contribution is 0.251. The van der Waals surface area contributed by atoms with E-state index in [0.29, 0.717) is 11.1 Å². The van der Waals surface area contributed by atoms with Gasteiger partial charge in [0.05, 0.1) is 12.4 Å². The van der Waals surface area contributed by atoms with Crippen molar-refractivity contribution in [3.05, 3.63) is 71.3 Å². The maximum atomic E-state index is 12.7. The molecule has 5 nitrogen and oxygen atoms in total. The molecular formula is C17H20N2O3S2. The van der Waals surface area contributed by atoms with Crippen molar-refractivity contribution in [2.45, 2.75) is 12.3 Å². The maximum absolute atomic E-state index is 12.7. The van der Waals surface area contributed by atoms with Gasteiger partial charge in [-0.3, -0.25) is 0 Å². The fraction of sp³-hybridized carbons (Fsp3) is 0.235. The molecule has 0 fully saturated rings. The van der Waals surface area contributed by atoms with E-state index in [1.807, 2.05) is 30.3 Å². The number of thiocarbonyl (C=S) groups is 1. The summed E-state index contributed by atoms with van der Waals surface area (Å²) in [6.07, 6.45) is 0. The molecule has 0 unspecified atom stereocenters. The molecule has 0 radical (unpaired) electrons. The zero-order chi connectivity index (χ0) is 17.6. The summed E-state index contributed by atoms with van der Waals surface area (Å²) in [6, 6.07) is 16.1. The molecule has 0 saturated carbocycles. The number of benzene rings is 2. The second-order valence-corrected chi connectivity index (χ2v) is 7.77. The van der Waals surface area contributed by atoms with Crippen molar-refractivity contribution in [1.82, 2.24) is 4.31 Å². The van der Waals surface area contributed by atoms with Gasteiger partial charge in [0, 0.05) is 18.7 Å². The lowest BCUT2D eigenvalue weighted by Crippen LogP contribution is -2.34. The Labute approximate surface area is 147 Å². The van der Waals surface area contributed by atoms with Crippen LogP contribution in [0.1, 0.15) is 16.7 Å². The third kappa shape index (κ3) is 5.10. The van der Waals surface area contributed by atoms with Gasteiger partial charge in [-0.05, 0) is 11.1 Å². The molecule has 24 heavy (non-hydrogen) atoms. The van der Waals surface area contributed by atoms with Gasteiger partial charge in [0.15, 0.2) is 0 Å². The Morgan fingerprint density at radius 3 is 2.21 bits per heavy atom. The molecule has 2 aromatic carbocycles. The fourth-order valence-electron chi connectivity index (χ4n) is 2.28. The van der Waals surface area contributed by atoms with Gasteiger partial charge in [-0.25, -0.2) is 8.42 Å². The Hall–Kier alpha value is -1.80. The average Bonchev–Trinajstić information content (AvgIpc) is 2.55. The molecular weight excluding hydrogens is 344 g/mol. The van der Waals surface area contributed by atoms with Gasteiger partial charge in [-0.1, -0.05) is 66.8 Å². The molecule has 0 bridgehead atoms. The first-order valence-electron chi connectivity index (χ1n) is 7.44. The number of rotatable bonds is 8. The zero-order valence-electron chi connectivity index (χ0n) is 13.1. The Kier molecular flexibility index (Phi) is 6.44. The lowest BCUT2D eigenvalue weighted by atomic mass is 10.1. The van der Waals surface area contributed by atoms with Gasteiger partial charge < -0.3 is 10.8 Å². The smallest absolute Gasteiger partial charge is 0.218 e. The normalized spacial score (nSPS) is 11.6. The summed E-state index contributed by atoms with van der Waals surface area (Å²) >= 11 is 4.89. The molecule has 0 aliphatic rings. The van der Waals surface area contributed by atoms with E-state index in [0.717, 1.165) is 5.56 Å². The van der Waals surface area contributed by atoms with E-state index in [1.165, 1.54) is 4.31 Å². The molecule has 2 rings (SSSR count). The van der Waals surface area contributed by atoms with E-state index in [9.17, 15) is 13.5 Å². The quantitative estimate of drug-likeness (QED) is 0.696. The summed E-state index contributed by atoms with van der Waals surface area (Å²) in [5, 5.41) is 9.21. The average molecular weight is 364 g/mol. The second kappa shape index (κ2) is 8.34. The Morgan fingerprint density at radius 1 is 1.04 bits per heavy atom. The number of nitrogens with two attached hydrogens (primary N) is 1. The van der Waals surface area contributed by atoms with Crippen LogP contribution in [0.3, 0.4) is 0 Å². The number of aliphatic hydroxyl groups excluding tert-OH is 1. The Morgan fingerprint density at radius 2 is 1.67 bits per heavy atom. The number of nitrogens with zero attached hydrogens (tertiary/aromatic N) is 1. The van der Waals surface area contributed by atoms with Crippen molar-refractivity contribution in [2.24, 2.45) is 5.73 Å². The standard InChI is InChI=1S/C17H20N2O3S2/c18-17(23)16-8-6-15(7-9-16)13-24(21,22)19(10-11-20)12-14-4-2-1-3-5-14/h1-9,20H,10-13H2,(H2,18,23). The van der Waals surface area contributed by atoms with Crippen LogP contribution in [0.5, 0.6) is 0 Å². The molecule has 7 heteroatoms. The number of hydrogen-bond acceptors (Lipinski definition) is 4. The Balaban J connectivity index is 2.16.